The molecule has 0 unspecified atom stereocenters. The Bertz CT molecular complexity index is 836. The van der Waals surface area contributed by atoms with Gasteiger partial charge in [-0.15, -0.1) is 0 Å². The van der Waals surface area contributed by atoms with E-state index in [1.807, 2.05) is 60.7 Å². The minimum Gasteiger partial charge on any atom is -0.461 e. The molecule has 1 heterocycles. The lowest BCUT2D eigenvalue weighted by Crippen LogP contribution is -2.22. The Kier molecular flexibility index (Phi) is 5.43. The summed E-state index contributed by atoms with van der Waals surface area (Å²) in [6, 6.07) is 18.8. The highest BCUT2D eigenvalue weighted by atomic mass is 16.5. The van der Waals surface area contributed by atoms with Gasteiger partial charge >= 0.3 is 12.0 Å². The molecule has 6 nitrogen and oxygen atoms in total. The van der Waals surface area contributed by atoms with Gasteiger partial charge in [0, 0.05) is 0 Å². The molecule has 0 saturated heterocycles. The first-order valence-corrected chi connectivity index (χ1v) is 8.22. The van der Waals surface area contributed by atoms with Gasteiger partial charge in [0.2, 0.25) is 5.91 Å². The second-order valence-electron chi connectivity index (χ2n) is 5.50. The molecule has 0 radical (unpaired) electrons. The minimum absolute atomic E-state index is 0.0122. The number of aromatic nitrogens is 1. The highest BCUT2D eigenvalue weighted by molar-refractivity contribution is 5.97. The van der Waals surface area contributed by atoms with E-state index >= 15 is 0 Å². The summed E-state index contributed by atoms with van der Waals surface area (Å²) in [6.45, 7) is 1.93. The maximum absolute atomic E-state index is 12.9. The van der Waals surface area contributed by atoms with E-state index in [0.717, 1.165) is 17.4 Å². The van der Waals surface area contributed by atoms with E-state index in [2.05, 4.69) is 10.3 Å². The smallest absolute Gasteiger partial charge is 0.360 e. The van der Waals surface area contributed by atoms with E-state index in [0.29, 0.717) is 0 Å². The van der Waals surface area contributed by atoms with Crippen LogP contribution in [0.1, 0.15) is 34.5 Å². The summed E-state index contributed by atoms with van der Waals surface area (Å²) in [4.78, 5) is 28.5. The predicted octanol–water partition coefficient (Wildman–Crippen LogP) is 3.62. The van der Waals surface area contributed by atoms with Crippen LogP contribution in [0.4, 0.5) is 6.01 Å². The highest BCUT2D eigenvalue weighted by Gasteiger charge is 2.24. The van der Waals surface area contributed by atoms with Gasteiger partial charge in [-0.2, -0.15) is 4.98 Å². The Morgan fingerprint density at radius 2 is 1.62 bits per heavy atom. The number of amides is 1. The second-order valence-corrected chi connectivity index (χ2v) is 5.50. The van der Waals surface area contributed by atoms with Crippen LogP contribution in [0, 0.1) is 0 Å². The first-order valence-electron chi connectivity index (χ1n) is 8.22. The molecule has 1 aromatic heterocycles. The second kappa shape index (κ2) is 8.11. The molecule has 0 bridgehead atoms. The molecule has 0 spiro atoms. The maximum atomic E-state index is 12.9. The molecule has 3 aromatic rings. The monoisotopic (exact) mass is 350 g/mol. The molecule has 0 fully saturated rings. The Balaban J connectivity index is 1.84. The molecule has 6 heteroatoms. The zero-order chi connectivity index (χ0) is 18.4. The largest absolute Gasteiger partial charge is 0.461 e. The fourth-order valence-corrected chi connectivity index (χ4v) is 2.59. The van der Waals surface area contributed by atoms with Gasteiger partial charge in [0.25, 0.3) is 0 Å². The normalized spacial score (nSPS) is 10.5. The minimum atomic E-state index is -0.598. The molecule has 0 saturated carbocycles. The molecule has 0 aliphatic rings. The third-order valence-electron chi connectivity index (χ3n) is 3.75. The fourth-order valence-electron chi connectivity index (χ4n) is 2.59. The number of oxazole rings is 1. The van der Waals surface area contributed by atoms with E-state index in [1.54, 1.807) is 6.92 Å². The van der Waals surface area contributed by atoms with Crippen LogP contribution < -0.4 is 5.32 Å². The Hall–Kier alpha value is -3.41. The number of hydrogen-bond acceptors (Lipinski definition) is 5. The van der Waals surface area contributed by atoms with Gasteiger partial charge in [-0.1, -0.05) is 60.7 Å². The number of benzene rings is 2. The van der Waals surface area contributed by atoms with Crippen LogP contribution in [0.2, 0.25) is 0 Å². The number of anilines is 1. The van der Waals surface area contributed by atoms with Gasteiger partial charge in [0.15, 0.2) is 5.69 Å². The lowest BCUT2D eigenvalue weighted by atomic mass is 9.90. The summed E-state index contributed by atoms with van der Waals surface area (Å²) < 4.78 is 10.0. The fraction of sp³-hybridized carbons (Fsp3) is 0.150. The lowest BCUT2D eigenvalue weighted by Gasteiger charge is -2.16. The van der Waals surface area contributed by atoms with Crippen molar-refractivity contribution in [2.45, 2.75) is 12.8 Å². The molecule has 3 rings (SSSR count). The van der Waals surface area contributed by atoms with Crippen LogP contribution in [0.5, 0.6) is 0 Å². The van der Waals surface area contributed by atoms with Crippen molar-refractivity contribution in [3.63, 3.8) is 0 Å². The van der Waals surface area contributed by atoms with E-state index in [4.69, 9.17) is 9.15 Å². The molecular weight excluding hydrogens is 332 g/mol. The SMILES string of the molecule is CCOC(=O)c1coc(NC(=O)C(c2ccccc2)c2ccccc2)n1. The van der Waals surface area contributed by atoms with Crippen molar-refractivity contribution >= 4 is 17.9 Å². The van der Waals surface area contributed by atoms with Crippen LogP contribution in [0.15, 0.2) is 71.3 Å². The summed E-state index contributed by atoms with van der Waals surface area (Å²) in [6.07, 6.45) is 1.16. The number of carbonyl (C=O) groups is 2. The average molecular weight is 350 g/mol. The van der Waals surface area contributed by atoms with Crippen molar-refractivity contribution in [1.82, 2.24) is 4.98 Å². The summed E-state index contributed by atoms with van der Waals surface area (Å²) in [5.41, 5.74) is 1.69. The molecular formula is C20H18N2O4. The Labute approximate surface area is 150 Å². The molecule has 2 aromatic carbocycles. The van der Waals surface area contributed by atoms with Gasteiger partial charge < -0.3 is 9.15 Å². The Morgan fingerprint density at radius 3 is 2.15 bits per heavy atom. The number of hydrogen-bond donors (Lipinski definition) is 1. The molecule has 1 N–H and O–H groups in total. The summed E-state index contributed by atoms with van der Waals surface area (Å²) >= 11 is 0. The van der Waals surface area contributed by atoms with Crippen LogP contribution in [-0.4, -0.2) is 23.5 Å². The first-order chi connectivity index (χ1) is 12.7. The average Bonchev–Trinajstić information content (AvgIpc) is 3.12. The van der Waals surface area contributed by atoms with E-state index in [-0.39, 0.29) is 24.2 Å². The van der Waals surface area contributed by atoms with Gasteiger partial charge in [0.1, 0.15) is 6.26 Å². The zero-order valence-electron chi connectivity index (χ0n) is 14.2. The molecule has 0 atom stereocenters. The number of nitrogens with zero attached hydrogens (tertiary/aromatic N) is 1. The van der Waals surface area contributed by atoms with Crippen molar-refractivity contribution < 1.29 is 18.7 Å². The van der Waals surface area contributed by atoms with E-state index < -0.39 is 11.9 Å². The summed E-state index contributed by atoms with van der Waals surface area (Å²) in [5.74, 6) is -1.44. The molecule has 26 heavy (non-hydrogen) atoms. The number of carbonyl (C=O) groups excluding carboxylic acids is 2. The van der Waals surface area contributed by atoms with Crippen LogP contribution >= 0.6 is 0 Å². The van der Waals surface area contributed by atoms with E-state index in [9.17, 15) is 9.59 Å². The van der Waals surface area contributed by atoms with Crippen molar-refractivity contribution in [3.8, 4) is 0 Å². The predicted molar refractivity (Wildman–Crippen MR) is 95.8 cm³/mol. The first kappa shape index (κ1) is 17.4. The topological polar surface area (TPSA) is 81.4 Å². The third-order valence-corrected chi connectivity index (χ3v) is 3.75. The molecule has 0 aliphatic carbocycles. The number of nitrogens with one attached hydrogen (secondary N) is 1. The van der Waals surface area contributed by atoms with Crippen molar-refractivity contribution in [2.75, 3.05) is 11.9 Å². The highest BCUT2D eigenvalue weighted by Crippen LogP contribution is 2.26. The van der Waals surface area contributed by atoms with Gasteiger partial charge in [0.05, 0.1) is 12.5 Å². The summed E-state index contributed by atoms with van der Waals surface area (Å²) in [7, 11) is 0. The quantitative estimate of drug-likeness (QED) is 0.687. The van der Waals surface area contributed by atoms with Crippen LogP contribution in [0.25, 0.3) is 0 Å². The van der Waals surface area contributed by atoms with Crippen molar-refractivity contribution in [2.24, 2.45) is 0 Å². The summed E-state index contributed by atoms with van der Waals surface area (Å²) in [5, 5.41) is 2.63. The van der Waals surface area contributed by atoms with Crippen molar-refractivity contribution in [1.29, 1.82) is 0 Å². The molecule has 0 aliphatic heterocycles. The standard InChI is InChI=1S/C20H18N2O4/c1-2-25-19(24)16-13-26-20(21-16)22-18(23)17(14-9-5-3-6-10-14)15-11-7-4-8-12-15/h3-13,17H,2H2,1H3,(H,21,22,23). The number of esters is 1. The van der Waals surface area contributed by atoms with Gasteiger partial charge in [-0.05, 0) is 18.1 Å². The third kappa shape index (κ3) is 3.97. The Morgan fingerprint density at radius 1 is 1.04 bits per heavy atom. The maximum Gasteiger partial charge on any atom is 0.360 e. The molecule has 1 amide bonds. The van der Waals surface area contributed by atoms with Crippen LogP contribution in [-0.2, 0) is 9.53 Å². The van der Waals surface area contributed by atoms with Crippen LogP contribution in [0.3, 0.4) is 0 Å². The zero-order valence-corrected chi connectivity index (χ0v) is 14.2. The van der Waals surface area contributed by atoms with Gasteiger partial charge in [-0.25, -0.2) is 4.79 Å². The lowest BCUT2D eigenvalue weighted by molar-refractivity contribution is -0.116. The number of rotatable bonds is 6. The van der Waals surface area contributed by atoms with E-state index in [1.165, 1.54) is 0 Å². The number of ether oxygens (including phenoxy) is 1. The van der Waals surface area contributed by atoms with Gasteiger partial charge in [-0.3, -0.25) is 10.1 Å². The molecule has 132 valence electrons. The van der Waals surface area contributed by atoms with Crippen molar-refractivity contribution in [3.05, 3.63) is 83.7 Å².